The van der Waals surface area contributed by atoms with Crippen molar-refractivity contribution in [1.29, 1.82) is 0 Å². The van der Waals surface area contributed by atoms with E-state index >= 15 is 8.78 Å². The first-order valence-corrected chi connectivity index (χ1v) is 25.3. The lowest BCUT2D eigenvalue weighted by molar-refractivity contribution is -0.142. The molecule has 5 aromatic rings. The number of carbonyl (C=O) groups is 4. The largest absolute Gasteiger partial charge is 0.494 e. The second kappa shape index (κ2) is 18.2. The number of aromatic nitrogens is 2. The van der Waals surface area contributed by atoms with Gasteiger partial charge in [-0.05, 0) is 92.2 Å². The number of piperidine rings is 1. The molecule has 6 aliphatic rings. The summed E-state index contributed by atoms with van der Waals surface area (Å²) in [6.07, 6.45) is 7.84. The van der Waals surface area contributed by atoms with Gasteiger partial charge < -0.3 is 25.4 Å². The smallest absolute Gasteiger partial charge is 0.329 e. The fourth-order valence-corrected chi connectivity index (χ4v) is 13.0. The van der Waals surface area contributed by atoms with Gasteiger partial charge in [-0.1, -0.05) is 54.9 Å². The molecule has 0 bridgehead atoms. The average molecular weight is 990 g/mol. The second-order valence-corrected chi connectivity index (χ2v) is 21.2. The maximum Gasteiger partial charge on any atom is 0.329 e. The van der Waals surface area contributed by atoms with Gasteiger partial charge in [-0.3, -0.25) is 34.2 Å². The van der Waals surface area contributed by atoms with Gasteiger partial charge in [-0.25, -0.2) is 13.6 Å². The van der Waals surface area contributed by atoms with Gasteiger partial charge in [-0.2, -0.15) is 5.10 Å². The van der Waals surface area contributed by atoms with E-state index in [2.05, 4.69) is 43.7 Å². The number of urea groups is 1. The summed E-state index contributed by atoms with van der Waals surface area (Å²) in [5.74, 6) is -2.07. The topological polar surface area (TPSA) is 164 Å². The number of nitrogens with zero attached hydrogens (tertiary/aromatic N) is 5. The van der Waals surface area contributed by atoms with Crippen LogP contribution in [0.2, 0.25) is 5.02 Å². The molecule has 17 heteroatoms. The van der Waals surface area contributed by atoms with Crippen molar-refractivity contribution in [2.24, 2.45) is 24.1 Å². The maximum atomic E-state index is 16.2. The van der Waals surface area contributed by atoms with Crippen molar-refractivity contribution in [3.05, 3.63) is 106 Å². The van der Waals surface area contributed by atoms with Crippen LogP contribution in [0.15, 0.2) is 66.7 Å². The van der Waals surface area contributed by atoms with Gasteiger partial charge in [0, 0.05) is 111 Å². The van der Waals surface area contributed by atoms with Crippen molar-refractivity contribution in [3.63, 3.8) is 0 Å². The first-order chi connectivity index (χ1) is 34.2. The fraction of sp³-hybridized carbons (Fsp3) is 0.463. The van der Waals surface area contributed by atoms with E-state index in [0.717, 1.165) is 81.2 Å². The van der Waals surface area contributed by atoms with Crippen LogP contribution in [-0.2, 0) is 22.2 Å². The Morgan fingerprint density at radius 2 is 1.70 bits per heavy atom. The summed E-state index contributed by atoms with van der Waals surface area (Å²) in [7, 11) is 3.20. The highest BCUT2D eigenvalue weighted by Crippen LogP contribution is 2.57. The van der Waals surface area contributed by atoms with Crippen LogP contribution in [0.25, 0.3) is 22.0 Å². The number of carbonyl (C=O) groups excluding carboxylic acids is 4. The molecule has 0 radical (unpaired) electrons. The lowest BCUT2D eigenvalue weighted by Crippen LogP contribution is -2.60. The highest BCUT2D eigenvalue weighted by molar-refractivity contribution is 6.34. The number of hydrogen-bond acceptors (Lipinski definition) is 9. The van der Waals surface area contributed by atoms with E-state index in [1.165, 1.54) is 43.7 Å². The zero-order chi connectivity index (χ0) is 49.5. The Balaban J connectivity index is 0.685. The SMILES string of the molecule is COc1ccc(C(N)=O)c(-c2c(Cl)c(F)cc3c2C(C)C(CNC2CCC(C(=O)N4CCC5(CC4)CC(N4CC(c6ccc7c(N8CCC(=O)NC8=O)nn(C)c7c6)C4)C5)CC2)(c2ccccc2)O3)c1F. The lowest BCUT2D eigenvalue weighted by Gasteiger charge is -2.58. The van der Waals surface area contributed by atoms with Crippen LogP contribution in [0, 0.1) is 23.0 Å². The highest BCUT2D eigenvalue weighted by atomic mass is 35.5. The third-order valence-electron chi connectivity index (χ3n) is 17.0. The Hall–Kier alpha value is -6.10. The average Bonchev–Trinajstić information content (AvgIpc) is 3.82. The summed E-state index contributed by atoms with van der Waals surface area (Å²) in [4.78, 5) is 57.3. The first kappa shape index (κ1) is 47.2. The Morgan fingerprint density at radius 1 is 0.972 bits per heavy atom. The Labute approximate surface area is 416 Å². The van der Waals surface area contributed by atoms with Crippen LogP contribution in [0.4, 0.5) is 19.4 Å². The molecule has 4 aliphatic heterocycles. The van der Waals surface area contributed by atoms with E-state index < -0.39 is 35.1 Å². The van der Waals surface area contributed by atoms with Crippen LogP contribution in [0.5, 0.6) is 11.5 Å². The third-order valence-corrected chi connectivity index (χ3v) is 17.4. The van der Waals surface area contributed by atoms with Crippen molar-refractivity contribution >= 4 is 52.1 Å². The minimum Gasteiger partial charge on any atom is -0.494 e. The summed E-state index contributed by atoms with van der Waals surface area (Å²) in [5.41, 5.74) is 8.14. The van der Waals surface area contributed by atoms with Crippen molar-refractivity contribution in [2.75, 3.05) is 51.3 Å². The zero-order valence-corrected chi connectivity index (χ0v) is 41.0. The molecular weight excluding hydrogens is 930 g/mol. The molecule has 5 amide bonds. The predicted octanol–water partition coefficient (Wildman–Crippen LogP) is 8.14. The molecule has 5 heterocycles. The Morgan fingerprint density at radius 3 is 2.39 bits per heavy atom. The molecule has 372 valence electrons. The number of nitrogens with one attached hydrogen (secondary N) is 2. The van der Waals surface area contributed by atoms with E-state index in [1.54, 1.807) is 4.90 Å². The molecule has 4 aromatic carbocycles. The molecule has 1 aromatic heterocycles. The van der Waals surface area contributed by atoms with Gasteiger partial charge in [0.15, 0.2) is 23.0 Å². The number of nitrogens with two attached hydrogens (primary N) is 1. The number of amides is 5. The molecule has 3 saturated heterocycles. The third kappa shape index (κ3) is 8.10. The quantitative estimate of drug-likeness (QED) is 0.119. The van der Waals surface area contributed by atoms with Crippen molar-refractivity contribution < 1.29 is 37.4 Å². The molecule has 2 aliphatic carbocycles. The first-order valence-electron chi connectivity index (χ1n) is 24.9. The number of fused-ring (bicyclic) bond motifs is 2. The van der Waals surface area contributed by atoms with Gasteiger partial charge in [0.2, 0.25) is 17.7 Å². The molecule has 2 saturated carbocycles. The number of ether oxygens (including phenoxy) is 2. The summed E-state index contributed by atoms with van der Waals surface area (Å²) >= 11 is 6.71. The fourth-order valence-electron chi connectivity index (χ4n) is 12.8. The number of primary amides is 1. The van der Waals surface area contributed by atoms with E-state index in [-0.39, 0.29) is 63.4 Å². The van der Waals surface area contributed by atoms with Crippen LogP contribution in [0.1, 0.15) is 104 Å². The lowest BCUT2D eigenvalue weighted by atomic mass is 9.59. The van der Waals surface area contributed by atoms with Crippen molar-refractivity contribution in [3.8, 4) is 22.6 Å². The zero-order valence-electron chi connectivity index (χ0n) is 40.2. The number of methoxy groups -OCH3 is 1. The molecule has 2 atom stereocenters. The molecule has 71 heavy (non-hydrogen) atoms. The monoisotopic (exact) mass is 988 g/mol. The molecule has 4 N–H and O–H groups in total. The van der Waals surface area contributed by atoms with Crippen LogP contribution >= 0.6 is 11.6 Å². The summed E-state index contributed by atoms with van der Waals surface area (Å²) in [5, 5.41) is 11.4. The van der Waals surface area contributed by atoms with E-state index in [4.69, 9.17) is 26.8 Å². The number of benzene rings is 4. The normalized spacial score (nSPS) is 24.6. The van der Waals surface area contributed by atoms with Gasteiger partial charge in [0.1, 0.15) is 11.6 Å². The minimum atomic E-state index is -1.06. The molecule has 5 fully saturated rings. The van der Waals surface area contributed by atoms with Crippen molar-refractivity contribution in [1.82, 2.24) is 30.2 Å². The van der Waals surface area contributed by atoms with E-state index in [1.807, 2.05) is 49.0 Å². The minimum absolute atomic E-state index is 0.00270. The number of anilines is 1. The Kier molecular flexibility index (Phi) is 12.1. The van der Waals surface area contributed by atoms with Gasteiger partial charge in [0.25, 0.3) is 0 Å². The number of halogens is 3. The number of aryl methyl sites for hydroxylation is 1. The molecule has 11 rings (SSSR count). The molecule has 14 nitrogen and oxygen atoms in total. The summed E-state index contributed by atoms with van der Waals surface area (Å²) in [6.45, 7) is 6.23. The van der Waals surface area contributed by atoms with Crippen LogP contribution in [-0.4, -0.2) is 102 Å². The molecule has 1 spiro atoms. The van der Waals surface area contributed by atoms with Gasteiger partial charge >= 0.3 is 6.03 Å². The number of likely N-dealkylation sites (tertiary alicyclic amines) is 2. The molecule has 2 unspecified atom stereocenters. The van der Waals surface area contributed by atoms with Gasteiger partial charge in [-0.15, -0.1) is 0 Å². The van der Waals surface area contributed by atoms with E-state index in [0.29, 0.717) is 41.8 Å². The maximum absolute atomic E-state index is 16.2. The van der Waals surface area contributed by atoms with Crippen LogP contribution in [0.3, 0.4) is 0 Å². The van der Waals surface area contributed by atoms with Crippen LogP contribution < -0.4 is 30.7 Å². The number of hydrogen-bond donors (Lipinski definition) is 3. The molecular formula is C54H59ClF2N8O6. The van der Waals surface area contributed by atoms with Gasteiger partial charge in [0.05, 0.1) is 23.2 Å². The summed E-state index contributed by atoms with van der Waals surface area (Å²) in [6, 6.07) is 20.2. The Bertz CT molecular complexity index is 2960. The standard InChI is InChI=1S/C54H59ClF2N8O6/c1-30-44-42(24-39(56)47(55)46(44)45-38(49(58)67)15-16-41(70-3)48(45)57)71-54(30,34-7-5-4-6-8-34)29-59-35-12-9-31(10-13-35)51(68)63-21-18-53(19-22-63)25-36(26-53)64-27-33(28-64)32-11-14-37-40(23-32)62(2)61-50(37)65-20-17-43(66)60-52(65)69/h4-8,11,14-16,23-24,30-31,33,35-36,59H,9-10,12-13,17-22,25-29H2,1-3H3,(H2,58,67)(H,60,66,69). The number of imide groups is 1. The number of rotatable bonds is 11. The predicted molar refractivity (Wildman–Crippen MR) is 265 cm³/mol. The van der Waals surface area contributed by atoms with Crippen molar-refractivity contribution in [2.45, 2.75) is 94.2 Å². The highest BCUT2D eigenvalue weighted by Gasteiger charge is 2.52. The summed E-state index contributed by atoms with van der Waals surface area (Å²) < 4.78 is 45.9. The van der Waals surface area contributed by atoms with E-state index in [9.17, 15) is 19.2 Å². The second-order valence-electron chi connectivity index (χ2n) is 20.9.